The van der Waals surface area contributed by atoms with Crippen LogP contribution in [0, 0.1) is 18.6 Å². The van der Waals surface area contributed by atoms with Crippen molar-refractivity contribution in [3.05, 3.63) is 89.3 Å². The number of nitrogens with zero attached hydrogens (tertiary/aromatic N) is 4. The highest BCUT2D eigenvalue weighted by molar-refractivity contribution is 5.96. The smallest absolute Gasteiger partial charge is 0.305 e. The molecule has 0 saturated carbocycles. The fourth-order valence-electron chi connectivity index (χ4n) is 3.25. The number of aliphatic hydroxyl groups excluding tert-OH is 2. The Bertz CT molecular complexity index is 1110. The zero-order valence-electron chi connectivity index (χ0n) is 17.6. The standard InChI is InChI=1S/C23H22F2N4O4/c1-14-26-27-28-29(14)21(11-10-19(30)12-20(31)13-22(32)33)23(15-2-6-17(24)7-3-15)16-4-8-18(25)9-5-16/h2-11,19-20,30-31H,12-13H2,1H3,(H,32,33)/b11-10+/t19-,20-/m1/s1. The van der Waals surface area contributed by atoms with Gasteiger partial charge in [0.1, 0.15) is 11.6 Å². The zero-order chi connectivity index (χ0) is 24.0. The molecule has 1 heterocycles. The molecule has 2 aromatic carbocycles. The average Bonchev–Trinajstić information content (AvgIpc) is 3.18. The van der Waals surface area contributed by atoms with Crippen LogP contribution >= 0.6 is 0 Å². The van der Waals surface area contributed by atoms with E-state index in [1.54, 1.807) is 31.2 Å². The lowest BCUT2D eigenvalue weighted by Crippen LogP contribution is -2.19. The molecule has 2 atom stereocenters. The SMILES string of the molecule is Cc1nnnn1C(/C=C/[C@@H](O)C[C@@H](O)CC(=O)O)=C(c1ccc(F)cc1)c1ccc(F)cc1. The monoisotopic (exact) mass is 456 g/mol. The molecular weight excluding hydrogens is 434 g/mol. The van der Waals surface area contributed by atoms with Gasteiger partial charge in [0.25, 0.3) is 0 Å². The summed E-state index contributed by atoms with van der Waals surface area (Å²) in [5, 5.41) is 40.5. The largest absolute Gasteiger partial charge is 0.481 e. The molecule has 0 radical (unpaired) electrons. The van der Waals surface area contributed by atoms with Crippen LogP contribution in [-0.4, -0.2) is 53.7 Å². The highest BCUT2D eigenvalue weighted by Gasteiger charge is 2.18. The van der Waals surface area contributed by atoms with Gasteiger partial charge in [0, 0.05) is 12.0 Å². The van der Waals surface area contributed by atoms with Gasteiger partial charge in [0.15, 0.2) is 5.82 Å². The van der Waals surface area contributed by atoms with Gasteiger partial charge in [-0.3, -0.25) is 4.79 Å². The Morgan fingerprint density at radius 3 is 2.03 bits per heavy atom. The number of benzene rings is 2. The number of aliphatic carboxylic acids is 1. The third-order valence-corrected chi connectivity index (χ3v) is 4.78. The summed E-state index contributed by atoms with van der Waals surface area (Å²) in [4.78, 5) is 10.8. The maximum Gasteiger partial charge on any atom is 0.305 e. The van der Waals surface area contributed by atoms with Gasteiger partial charge in [0.05, 0.1) is 24.3 Å². The summed E-state index contributed by atoms with van der Waals surface area (Å²) < 4.78 is 28.6. The zero-order valence-corrected chi connectivity index (χ0v) is 17.6. The maximum absolute atomic E-state index is 13.6. The van der Waals surface area contributed by atoms with Crippen molar-refractivity contribution in [2.75, 3.05) is 0 Å². The van der Waals surface area contributed by atoms with Gasteiger partial charge in [-0.05, 0) is 58.8 Å². The minimum absolute atomic E-state index is 0.201. The van der Waals surface area contributed by atoms with E-state index in [2.05, 4.69) is 15.5 Å². The molecule has 10 heteroatoms. The molecule has 172 valence electrons. The number of rotatable bonds is 9. The number of hydrogen-bond donors (Lipinski definition) is 3. The number of hydrogen-bond acceptors (Lipinski definition) is 6. The maximum atomic E-state index is 13.6. The van der Waals surface area contributed by atoms with E-state index in [4.69, 9.17) is 5.11 Å². The molecule has 0 unspecified atom stereocenters. The van der Waals surface area contributed by atoms with Crippen molar-refractivity contribution in [3.8, 4) is 0 Å². The number of carbonyl (C=O) groups is 1. The molecule has 0 aliphatic carbocycles. The summed E-state index contributed by atoms with van der Waals surface area (Å²) >= 11 is 0. The van der Waals surface area contributed by atoms with Crippen molar-refractivity contribution >= 4 is 17.2 Å². The number of aryl methyl sites for hydroxylation is 1. The van der Waals surface area contributed by atoms with Crippen LogP contribution in [-0.2, 0) is 4.79 Å². The quantitative estimate of drug-likeness (QED) is 0.423. The van der Waals surface area contributed by atoms with E-state index in [1.807, 2.05) is 0 Å². The van der Waals surface area contributed by atoms with E-state index in [0.717, 1.165) is 0 Å². The molecular formula is C23H22F2N4O4. The summed E-state index contributed by atoms with van der Waals surface area (Å²) in [6.07, 6.45) is -0.228. The Morgan fingerprint density at radius 1 is 1.03 bits per heavy atom. The first-order valence-electron chi connectivity index (χ1n) is 10.0. The minimum Gasteiger partial charge on any atom is -0.481 e. The molecule has 0 bridgehead atoms. The van der Waals surface area contributed by atoms with E-state index in [0.29, 0.717) is 28.2 Å². The number of tetrazole rings is 1. The molecule has 3 aromatic rings. The predicted octanol–water partition coefficient (Wildman–Crippen LogP) is 2.82. The number of aromatic nitrogens is 4. The van der Waals surface area contributed by atoms with Crippen LogP contribution in [0.3, 0.4) is 0 Å². The van der Waals surface area contributed by atoms with E-state index >= 15 is 0 Å². The van der Waals surface area contributed by atoms with Crippen LogP contribution < -0.4 is 0 Å². The fraction of sp³-hybridized carbons (Fsp3) is 0.217. The summed E-state index contributed by atoms with van der Waals surface area (Å²) in [6.45, 7) is 1.66. The second kappa shape index (κ2) is 10.7. The number of aliphatic hydroxyl groups is 2. The number of carboxylic acids is 1. The average molecular weight is 456 g/mol. The van der Waals surface area contributed by atoms with E-state index in [9.17, 15) is 23.8 Å². The molecule has 8 nitrogen and oxygen atoms in total. The molecule has 3 rings (SSSR count). The first-order valence-corrected chi connectivity index (χ1v) is 10.0. The first kappa shape index (κ1) is 23.9. The van der Waals surface area contributed by atoms with Crippen LogP contribution in [0.2, 0.25) is 0 Å². The van der Waals surface area contributed by atoms with Crippen LogP contribution in [0.5, 0.6) is 0 Å². The van der Waals surface area contributed by atoms with Crippen molar-refractivity contribution in [3.63, 3.8) is 0 Å². The van der Waals surface area contributed by atoms with E-state index in [1.165, 1.54) is 41.1 Å². The second-order valence-corrected chi connectivity index (χ2v) is 7.33. The Labute approximate surface area is 188 Å². The molecule has 0 fully saturated rings. The highest BCUT2D eigenvalue weighted by atomic mass is 19.1. The Morgan fingerprint density at radius 2 is 1.58 bits per heavy atom. The van der Waals surface area contributed by atoms with Crippen LogP contribution in [0.4, 0.5) is 8.78 Å². The number of allylic oxidation sites excluding steroid dienone is 2. The molecule has 3 N–H and O–H groups in total. The minimum atomic E-state index is -1.24. The van der Waals surface area contributed by atoms with Gasteiger partial charge in [-0.15, -0.1) is 5.10 Å². The fourth-order valence-corrected chi connectivity index (χ4v) is 3.25. The van der Waals surface area contributed by atoms with Crippen LogP contribution in [0.1, 0.15) is 29.8 Å². The second-order valence-electron chi connectivity index (χ2n) is 7.33. The van der Waals surface area contributed by atoms with Crippen molar-refractivity contribution in [2.45, 2.75) is 32.0 Å². The van der Waals surface area contributed by atoms with E-state index in [-0.39, 0.29) is 6.42 Å². The lowest BCUT2D eigenvalue weighted by Gasteiger charge is -2.16. The van der Waals surface area contributed by atoms with Crippen molar-refractivity contribution in [2.24, 2.45) is 0 Å². The molecule has 0 amide bonds. The molecule has 0 saturated heterocycles. The summed E-state index contributed by atoms with van der Waals surface area (Å²) in [5.74, 6) is -1.64. The van der Waals surface area contributed by atoms with Crippen molar-refractivity contribution in [1.29, 1.82) is 0 Å². The molecule has 0 spiro atoms. The van der Waals surface area contributed by atoms with Gasteiger partial charge < -0.3 is 15.3 Å². The van der Waals surface area contributed by atoms with E-state index < -0.39 is 36.2 Å². The summed E-state index contributed by atoms with van der Waals surface area (Å²) in [7, 11) is 0. The molecule has 33 heavy (non-hydrogen) atoms. The lowest BCUT2D eigenvalue weighted by molar-refractivity contribution is -0.139. The number of carboxylic acid groups (broad SMARTS) is 1. The lowest BCUT2D eigenvalue weighted by atomic mass is 9.95. The van der Waals surface area contributed by atoms with Crippen molar-refractivity contribution in [1.82, 2.24) is 20.2 Å². The number of halogens is 2. The molecule has 0 aliphatic rings. The van der Waals surface area contributed by atoms with Gasteiger partial charge >= 0.3 is 5.97 Å². The molecule has 0 aliphatic heterocycles. The highest BCUT2D eigenvalue weighted by Crippen LogP contribution is 2.31. The van der Waals surface area contributed by atoms with Gasteiger partial charge in [-0.25, -0.2) is 8.78 Å². The van der Waals surface area contributed by atoms with Gasteiger partial charge in [-0.1, -0.05) is 30.3 Å². The predicted molar refractivity (Wildman–Crippen MR) is 116 cm³/mol. The Hall–Kier alpha value is -3.76. The Balaban J connectivity index is 2.13. The van der Waals surface area contributed by atoms with Crippen LogP contribution in [0.15, 0.2) is 60.7 Å². The van der Waals surface area contributed by atoms with Gasteiger partial charge in [0.2, 0.25) is 0 Å². The normalized spacial score (nSPS) is 13.1. The third kappa shape index (κ3) is 6.37. The van der Waals surface area contributed by atoms with Crippen LogP contribution in [0.25, 0.3) is 11.3 Å². The summed E-state index contributed by atoms with van der Waals surface area (Å²) in [6, 6.07) is 11.3. The third-order valence-electron chi connectivity index (χ3n) is 4.78. The topological polar surface area (TPSA) is 121 Å². The van der Waals surface area contributed by atoms with Crippen molar-refractivity contribution < 1.29 is 28.9 Å². The summed E-state index contributed by atoms with van der Waals surface area (Å²) in [5.41, 5.74) is 2.08. The Kier molecular flexibility index (Phi) is 7.75. The van der Waals surface area contributed by atoms with Gasteiger partial charge in [-0.2, -0.15) is 4.68 Å². The first-order chi connectivity index (χ1) is 15.7. The molecule has 1 aromatic heterocycles.